The van der Waals surface area contributed by atoms with E-state index in [1.807, 2.05) is 0 Å². The van der Waals surface area contributed by atoms with Crippen LogP contribution < -0.4 is 0 Å². The molecule has 1 heterocycles. The number of cyclic esters (lactones) is 1. The number of carbonyl (C=O) groups excluding carboxylic acids is 1. The average molecular weight is 238 g/mol. The molecule has 0 saturated carbocycles. The Hall–Kier alpha value is -2.04. The lowest BCUT2D eigenvalue weighted by Crippen LogP contribution is -2.12. The SMILES string of the molecule is CC(C=CC(=O)O)=COC1OC(=O)C(C)=C1C. The van der Waals surface area contributed by atoms with E-state index in [4.69, 9.17) is 14.6 Å². The van der Waals surface area contributed by atoms with Crippen LogP contribution in [0.15, 0.2) is 35.1 Å². The van der Waals surface area contributed by atoms with Crippen LogP contribution >= 0.6 is 0 Å². The second-order valence-corrected chi connectivity index (χ2v) is 3.71. The molecule has 0 spiro atoms. The van der Waals surface area contributed by atoms with Gasteiger partial charge in [-0.25, -0.2) is 9.59 Å². The Balaban J connectivity index is 2.61. The van der Waals surface area contributed by atoms with Gasteiger partial charge in [0.05, 0.1) is 6.26 Å². The highest BCUT2D eigenvalue weighted by Crippen LogP contribution is 2.23. The first kappa shape index (κ1) is 13.0. The normalized spacial score (nSPS) is 21.0. The monoisotopic (exact) mass is 238 g/mol. The molecule has 5 nitrogen and oxygen atoms in total. The molecule has 5 heteroatoms. The molecule has 17 heavy (non-hydrogen) atoms. The van der Waals surface area contributed by atoms with Crippen LogP contribution in [0.4, 0.5) is 0 Å². The minimum atomic E-state index is -1.03. The summed E-state index contributed by atoms with van der Waals surface area (Å²) < 4.78 is 10.2. The van der Waals surface area contributed by atoms with Gasteiger partial charge in [0.25, 0.3) is 6.29 Å². The Bertz CT molecular complexity index is 428. The van der Waals surface area contributed by atoms with Gasteiger partial charge in [-0.1, -0.05) is 0 Å². The number of hydrogen-bond donors (Lipinski definition) is 1. The first-order valence-corrected chi connectivity index (χ1v) is 5.03. The summed E-state index contributed by atoms with van der Waals surface area (Å²) in [6.45, 7) is 5.10. The van der Waals surface area contributed by atoms with Crippen LogP contribution in [0.5, 0.6) is 0 Å². The van der Waals surface area contributed by atoms with Crippen LogP contribution in [0.1, 0.15) is 20.8 Å². The van der Waals surface area contributed by atoms with Gasteiger partial charge in [-0.2, -0.15) is 0 Å². The molecular formula is C12H14O5. The topological polar surface area (TPSA) is 72.8 Å². The molecule has 0 aliphatic carbocycles. The third-order valence-electron chi connectivity index (χ3n) is 2.33. The summed E-state index contributed by atoms with van der Waals surface area (Å²) in [6.07, 6.45) is 3.05. The van der Waals surface area contributed by atoms with Crippen molar-refractivity contribution in [3.8, 4) is 0 Å². The van der Waals surface area contributed by atoms with Gasteiger partial charge in [-0.05, 0) is 32.4 Å². The third-order valence-corrected chi connectivity index (χ3v) is 2.33. The number of aliphatic carboxylic acids is 1. The second-order valence-electron chi connectivity index (χ2n) is 3.71. The van der Waals surface area contributed by atoms with Crippen LogP contribution in [0.2, 0.25) is 0 Å². The quantitative estimate of drug-likeness (QED) is 0.349. The molecular weight excluding hydrogens is 224 g/mol. The molecule has 0 amide bonds. The number of esters is 1. The summed E-state index contributed by atoms with van der Waals surface area (Å²) in [5.41, 5.74) is 1.88. The summed E-state index contributed by atoms with van der Waals surface area (Å²) >= 11 is 0. The Morgan fingerprint density at radius 2 is 2.06 bits per heavy atom. The first-order valence-electron chi connectivity index (χ1n) is 5.03. The average Bonchev–Trinajstić information content (AvgIpc) is 2.51. The van der Waals surface area contributed by atoms with Crippen LogP contribution in [-0.2, 0) is 19.1 Å². The van der Waals surface area contributed by atoms with Gasteiger partial charge < -0.3 is 14.6 Å². The smallest absolute Gasteiger partial charge is 0.337 e. The van der Waals surface area contributed by atoms with E-state index in [-0.39, 0.29) is 5.97 Å². The molecule has 0 aromatic rings. The van der Waals surface area contributed by atoms with Crippen LogP contribution in [0.25, 0.3) is 0 Å². The zero-order chi connectivity index (χ0) is 13.0. The van der Waals surface area contributed by atoms with Crippen molar-refractivity contribution >= 4 is 11.9 Å². The van der Waals surface area contributed by atoms with Gasteiger partial charge in [0.15, 0.2) is 0 Å². The van der Waals surface area contributed by atoms with Gasteiger partial charge in [0.1, 0.15) is 0 Å². The summed E-state index contributed by atoms with van der Waals surface area (Å²) in [5.74, 6) is -1.42. The van der Waals surface area contributed by atoms with Gasteiger partial charge in [-0.3, -0.25) is 0 Å². The number of ether oxygens (including phenoxy) is 2. The van der Waals surface area contributed by atoms with E-state index in [0.717, 1.165) is 11.6 Å². The lowest BCUT2D eigenvalue weighted by Gasteiger charge is -2.10. The van der Waals surface area contributed by atoms with Crippen LogP contribution in [0.3, 0.4) is 0 Å². The Morgan fingerprint density at radius 1 is 1.41 bits per heavy atom. The van der Waals surface area contributed by atoms with E-state index in [1.165, 1.54) is 12.3 Å². The van der Waals surface area contributed by atoms with E-state index in [2.05, 4.69) is 0 Å². The number of allylic oxidation sites excluding steroid dienone is 2. The highest BCUT2D eigenvalue weighted by molar-refractivity contribution is 5.91. The molecule has 1 unspecified atom stereocenters. The lowest BCUT2D eigenvalue weighted by molar-refractivity contribution is -0.153. The summed E-state index contributed by atoms with van der Waals surface area (Å²) in [4.78, 5) is 21.5. The van der Waals surface area contributed by atoms with Gasteiger partial charge in [0.2, 0.25) is 0 Å². The summed E-state index contributed by atoms with van der Waals surface area (Å²) in [5, 5.41) is 8.42. The predicted octanol–water partition coefficient (Wildman–Crippen LogP) is 1.77. The van der Waals surface area contributed by atoms with Crippen LogP contribution in [0, 0.1) is 0 Å². The highest BCUT2D eigenvalue weighted by Gasteiger charge is 2.28. The third kappa shape index (κ3) is 3.48. The van der Waals surface area contributed by atoms with E-state index >= 15 is 0 Å². The van der Waals surface area contributed by atoms with Crippen molar-refractivity contribution < 1.29 is 24.2 Å². The van der Waals surface area contributed by atoms with Crippen molar-refractivity contribution in [2.45, 2.75) is 27.1 Å². The van der Waals surface area contributed by atoms with Gasteiger partial charge >= 0.3 is 11.9 Å². The van der Waals surface area contributed by atoms with E-state index < -0.39 is 12.3 Å². The minimum Gasteiger partial charge on any atom is -0.478 e. The van der Waals surface area contributed by atoms with Crippen molar-refractivity contribution in [1.82, 2.24) is 0 Å². The van der Waals surface area contributed by atoms with Crippen molar-refractivity contribution in [2.75, 3.05) is 0 Å². The zero-order valence-electron chi connectivity index (χ0n) is 9.89. The van der Waals surface area contributed by atoms with Crippen LogP contribution in [-0.4, -0.2) is 23.3 Å². The molecule has 0 radical (unpaired) electrons. The summed E-state index contributed by atoms with van der Waals surface area (Å²) in [7, 11) is 0. The van der Waals surface area contributed by atoms with Crippen molar-refractivity contribution in [2.24, 2.45) is 0 Å². The Labute approximate surface area is 99.0 Å². The predicted molar refractivity (Wildman–Crippen MR) is 59.9 cm³/mol. The maximum atomic E-state index is 11.2. The first-order chi connectivity index (χ1) is 7.91. The number of rotatable bonds is 4. The molecule has 1 N–H and O–H groups in total. The fourth-order valence-corrected chi connectivity index (χ4v) is 1.15. The number of hydrogen-bond acceptors (Lipinski definition) is 4. The number of carboxylic acids is 1. The molecule has 1 atom stereocenters. The molecule has 0 aromatic heterocycles. The summed E-state index contributed by atoms with van der Waals surface area (Å²) in [6, 6.07) is 0. The fourth-order valence-electron chi connectivity index (χ4n) is 1.15. The minimum absolute atomic E-state index is 0.389. The van der Waals surface area contributed by atoms with E-state index in [1.54, 1.807) is 20.8 Å². The fraction of sp³-hybridized carbons (Fsp3) is 0.333. The molecule has 1 aliphatic rings. The number of carboxylic acid groups (broad SMARTS) is 1. The lowest BCUT2D eigenvalue weighted by atomic mass is 10.2. The largest absolute Gasteiger partial charge is 0.478 e. The molecule has 0 bridgehead atoms. The maximum absolute atomic E-state index is 11.2. The Kier molecular flexibility index (Phi) is 4.09. The van der Waals surface area contributed by atoms with Crippen molar-refractivity contribution in [3.63, 3.8) is 0 Å². The molecule has 0 saturated heterocycles. The number of carbonyl (C=O) groups is 2. The second kappa shape index (κ2) is 5.34. The molecule has 1 rings (SSSR count). The molecule has 1 aliphatic heterocycles. The Morgan fingerprint density at radius 3 is 2.53 bits per heavy atom. The maximum Gasteiger partial charge on any atom is 0.337 e. The van der Waals surface area contributed by atoms with Gasteiger partial charge in [-0.15, -0.1) is 0 Å². The van der Waals surface area contributed by atoms with Crippen molar-refractivity contribution in [1.29, 1.82) is 0 Å². The molecule has 0 fully saturated rings. The van der Waals surface area contributed by atoms with E-state index in [0.29, 0.717) is 11.1 Å². The van der Waals surface area contributed by atoms with Crippen molar-refractivity contribution in [3.05, 3.63) is 35.1 Å². The zero-order valence-corrected chi connectivity index (χ0v) is 9.89. The van der Waals surface area contributed by atoms with E-state index in [9.17, 15) is 9.59 Å². The standard InChI is InChI=1S/C12H14O5/c1-7(4-5-10(13)14)6-16-12-9(3)8(2)11(15)17-12/h4-6,12H,1-3H3,(H,13,14). The molecule has 0 aromatic carbocycles. The van der Waals surface area contributed by atoms with Gasteiger partial charge in [0, 0.05) is 17.2 Å². The highest BCUT2D eigenvalue weighted by atomic mass is 16.7. The molecule has 92 valence electrons.